The summed E-state index contributed by atoms with van der Waals surface area (Å²) in [6.45, 7) is 9.07. The Bertz CT molecular complexity index is 746. The second-order valence-electron chi connectivity index (χ2n) is 8.31. The van der Waals surface area contributed by atoms with E-state index in [1.807, 2.05) is 31.2 Å². The van der Waals surface area contributed by atoms with E-state index in [4.69, 9.17) is 13.9 Å². The SMILES string of the molecule is CCO[C@@H]1C=C[C@H](O[Si](c2ccccc2)(c2ccccc2)C(C)(C)C)[C@@H](CO)O1. The van der Waals surface area contributed by atoms with Gasteiger partial charge in [-0.05, 0) is 28.4 Å². The van der Waals surface area contributed by atoms with Crippen LogP contribution in [0.3, 0.4) is 0 Å². The van der Waals surface area contributed by atoms with Gasteiger partial charge >= 0.3 is 0 Å². The Morgan fingerprint density at radius 2 is 1.48 bits per heavy atom. The number of hydrogen-bond acceptors (Lipinski definition) is 4. The number of hydrogen-bond donors (Lipinski definition) is 1. The fourth-order valence-corrected chi connectivity index (χ4v) is 8.69. The molecule has 3 rings (SSSR count). The minimum atomic E-state index is -2.72. The molecule has 1 aliphatic rings. The molecule has 0 fully saturated rings. The molecule has 0 amide bonds. The van der Waals surface area contributed by atoms with Crippen LogP contribution < -0.4 is 10.4 Å². The van der Waals surface area contributed by atoms with E-state index in [-0.39, 0.29) is 17.7 Å². The highest BCUT2D eigenvalue weighted by atomic mass is 28.4. The van der Waals surface area contributed by atoms with Crippen LogP contribution in [0.1, 0.15) is 27.7 Å². The third kappa shape index (κ3) is 4.54. The Hall–Kier alpha value is -1.76. The van der Waals surface area contributed by atoms with Crippen LogP contribution in [0.4, 0.5) is 0 Å². The van der Waals surface area contributed by atoms with Crippen LogP contribution in [0.25, 0.3) is 0 Å². The van der Waals surface area contributed by atoms with Gasteiger partial charge in [-0.15, -0.1) is 0 Å². The molecule has 0 spiro atoms. The van der Waals surface area contributed by atoms with Crippen molar-refractivity contribution in [2.75, 3.05) is 13.2 Å². The van der Waals surface area contributed by atoms with E-state index in [0.717, 1.165) is 0 Å². The van der Waals surface area contributed by atoms with Gasteiger partial charge in [0.25, 0.3) is 8.32 Å². The Morgan fingerprint density at radius 3 is 1.93 bits per heavy atom. The van der Waals surface area contributed by atoms with Crippen LogP contribution in [-0.4, -0.2) is 45.1 Å². The number of aliphatic hydroxyl groups excluding tert-OH is 1. The lowest BCUT2D eigenvalue weighted by Crippen LogP contribution is -2.68. The van der Waals surface area contributed by atoms with E-state index >= 15 is 0 Å². The summed E-state index contributed by atoms with van der Waals surface area (Å²) in [4.78, 5) is 0. The lowest BCUT2D eigenvalue weighted by atomic mass is 10.1. The topological polar surface area (TPSA) is 47.9 Å². The Kier molecular flexibility index (Phi) is 7.08. The molecule has 1 N–H and O–H groups in total. The molecule has 0 aromatic heterocycles. The average molecular weight is 413 g/mol. The van der Waals surface area contributed by atoms with Crippen LogP contribution in [0.2, 0.25) is 5.04 Å². The molecule has 156 valence electrons. The van der Waals surface area contributed by atoms with Gasteiger partial charge in [-0.25, -0.2) is 0 Å². The first-order valence-corrected chi connectivity index (χ1v) is 12.2. The summed E-state index contributed by atoms with van der Waals surface area (Å²) in [5.41, 5.74) is 0. The van der Waals surface area contributed by atoms with Crippen molar-refractivity contribution in [2.45, 2.75) is 51.2 Å². The smallest absolute Gasteiger partial charge is 0.262 e. The van der Waals surface area contributed by atoms with Crippen molar-refractivity contribution in [1.29, 1.82) is 0 Å². The van der Waals surface area contributed by atoms with Crippen molar-refractivity contribution in [3.63, 3.8) is 0 Å². The summed E-state index contributed by atoms with van der Waals surface area (Å²) in [5, 5.41) is 12.3. The van der Waals surface area contributed by atoms with Crippen molar-refractivity contribution in [3.8, 4) is 0 Å². The van der Waals surface area contributed by atoms with Crippen LogP contribution in [0.5, 0.6) is 0 Å². The standard InChI is InChI=1S/C24H32O4Si/c1-5-26-23-17-16-21(22(18-25)27-23)28-29(24(2,3)4,19-12-8-6-9-13-19)20-14-10-7-11-15-20/h6-17,21-23,25H,5,18H2,1-4H3/t21-,22+,23-/m0/s1. The average Bonchev–Trinajstić information content (AvgIpc) is 2.73. The van der Waals surface area contributed by atoms with E-state index in [0.29, 0.717) is 6.61 Å². The summed E-state index contributed by atoms with van der Waals surface area (Å²) >= 11 is 0. The molecule has 0 radical (unpaired) electrons. The second-order valence-corrected chi connectivity index (χ2v) is 12.6. The largest absolute Gasteiger partial charge is 0.398 e. The molecule has 0 bridgehead atoms. The van der Waals surface area contributed by atoms with Gasteiger partial charge < -0.3 is 19.0 Å². The maximum absolute atomic E-state index is 10.0. The fraction of sp³-hybridized carbons (Fsp3) is 0.417. The van der Waals surface area contributed by atoms with E-state index in [2.05, 4.69) is 69.3 Å². The van der Waals surface area contributed by atoms with Gasteiger partial charge in [0.2, 0.25) is 0 Å². The maximum Gasteiger partial charge on any atom is 0.262 e. The van der Waals surface area contributed by atoms with Gasteiger partial charge in [0.15, 0.2) is 6.29 Å². The maximum atomic E-state index is 10.0. The molecule has 0 saturated carbocycles. The van der Waals surface area contributed by atoms with Crippen molar-refractivity contribution < 1.29 is 19.0 Å². The quantitative estimate of drug-likeness (QED) is 0.560. The van der Waals surface area contributed by atoms with E-state index in [1.54, 1.807) is 0 Å². The highest BCUT2D eigenvalue weighted by Gasteiger charge is 2.52. The predicted octanol–water partition coefficient (Wildman–Crippen LogP) is 3.24. The first-order chi connectivity index (χ1) is 13.9. The second kappa shape index (κ2) is 9.37. The van der Waals surface area contributed by atoms with Crippen molar-refractivity contribution in [2.24, 2.45) is 0 Å². The summed E-state index contributed by atoms with van der Waals surface area (Å²) < 4.78 is 18.6. The summed E-state index contributed by atoms with van der Waals surface area (Å²) in [7, 11) is -2.72. The number of ether oxygens (including phenoxy) is 2. The minimum absolute atomic E-state index is 0.128. The van der Waals surface area contributed by atoms with Crippen LogP contribution in [0.15, 0.2) is 72.8 Å². The number of rotatable bonds is 7. The first kappa shape index (κ1) is 21.9. The zero-order valence-electron chi connectivity index (χ0n) is 17.7. The van der Waals surface area contributed by atoms with Crippen molar-refractivity contribution in [3.05, 3.63) is 72.8 Å². The molecular weight excluding hydrogens is 380 g/mol. The summed E-state index contributed by atoms with van der Waals surface area (Å²) in [6.07, 6.45) is 2.60. The number of aliphatic hydroxyl groups is 1. The molecule has 1 aliphatic heterocycles. The minimum Gasteiger partial charge on any atom is -0.398 e. The van der Waals surface area contributed by atoms with Crippen LogP contribution in [-0.2, 0) is 13.9 Å². The molecule has 29 heavy (non-hydrogen) atoms. The van der Waals surface area contributed by atoms with Gasteiger partial charge in [-0.3, -0.25) is 0 Å². The van der Waals surface area contributed by atoms with Crippen LogP contribution in [0, 0.1) is 0 Å². The fourth-order valence-electron chi connectivity index (χ4n) is 4.04. The number of benzene rings is 2. The molecule has 4 nitrogen and oxygen atoms in total. The molecule has 1 heterocycles. The summed E-state index contributed by atoms with van der Waals surface area (Å²) in [5.74, 6) is 0. The predicted molar refractivity (Wildman–Crippen MR) is 119 cm³/mol. The van der Waals surface area contributed by atoms with Crippen molar-refractivity contribution >= 4 is 18.7 Å². The van der Waals surface area contributed by atoms with Crippen LogP contribution >= 0.6 is 0 Å². The van der Waals surface area contributed by atoms with Crippen molar-refractivity contribution in [1.82, 2.24) is 0 Å². The van der Waals surface area contributed by atoms with Gasteiger partial charge in [0, 0.05) is 6.61 Å². The van der Waals surface area contributed by atoms with E-state index < -0.39 is 20.7 Å². The monoisotopic (exact) mass is 412 g/mol. The third-order valence-electron chi connectivity index (χ3n) is 5.37. The zero-order chi connectivity index (χ0) is 20.9. The van der Waals surface area contributed by atoms with E-state index in [9.17, 15) is 5.11 Å². The lowest BCUT2D eigenvalue weighted by Gasteiger charge is -2.46. The molecule has 3 atom stereocenters. The zero-order valence-corrected chi connectivity index (χ0v) is 18.7. The molecule has 0 saturated heterocycles. The first-order valence-electron chi connectivity index (χ1n) is 10.3. The molecule has 0 unspecified atom stereocenters. The highest BCUT2D eigenvalue weighted by molar-refractivity contribution is 6.99. The normalized spacial score (nSPS) is 22.6. The Balaban J connectivity index is 2.10. The molecule has 0 aliphatic carbocycles. The molecule has 2 aromatic rings. The lowest BCUT2D eigenvalue weighted by molar-refractivity contribution is -0.175. The Morgan fingerprint density at radius 1 is 0.931 bits per heavy atom. The Labute approximate surface area is 175 Å². The third-order valence-corrected chi connectivity index (χ3v) is 10.4. The van der Waals surface area contributed by atoms with Gasteiger partial charge in [0.1, 0.15) is 6.10 Å². The highest BCUT2D eigenvalue weighted by Crippen LogP contribution is 2.38. The summed E-state index contributed by atoms with van der Waals surface area (Å²) in [6, 6.07) is 21.0. The molecule has 2 aromatic carbocycles. The van der Waals surface area contributed by atoms with Gasteiger partial charge in [0.05, 0.1) is 12.7 Å². The van der Waals surface area contributed by atoms with Gasteiger partial charge in [-0.2, -0.15) is 0 Å². The molecular formula is C24H32O4Si. The molecule has 5 heteroatoms. The van der Waals surface area contributed by atoms with Gasteiger partial charge in [-0.1, -0.05) is 87.5 Å². The van der Waals surface area contributed by atoms with E-state index in [1.165, 1.54) is 10.4 Å².